The largest absolute Gasteiger partial charge is 0.325 e. The van der Waals surface area contributed by atoms with E-state index >= 15 is 0 Å². The van der Waals surface area contributed by atoms with Crippen molar-refractivity contribution in [2.75, 3.05) is 11.9 Å². The van der Waals surface area contributed by atoms with Crippen LogP contribution in [0.25, 0.3) is 0 Å². The average molecular weight is 353 g/mol. The lowest BCUT2D eigenvalue weighted by Crippen LogP contribution is -2.63. The fourth-order valence-corrected chi connectivity index (χ4v) is 3.63. The van der Waals surface area contributed by atoms with Crippen LogP contribution in [0.2, 0.25) is 0 Å². The summed E-state index contributed by atoms with van der Waals surface area (Å²) >= 11 is 0. The Morgan fingerprint density at radius 1 is 1.19 bits per heavy atom. The van der Waals surface area contributed by atoms with Crippen molar-refractivity contribution in [1.29, 1.82) is 0 Å². The molecular formula is C18H19N5O3. The van der Waals surface area contributed by atoms with Crippen LogP contribution in [0.15, 0.2) is 40.7 Å². The summed E-state index contributed by atoms with van der Waals surface area (Å²) < 4.78 is 0. The Hall–Kier alpha value is -3.16. The van der Waals surface area contributed by atoms with Gasteiger partial charge in [0, 0.05) is 29.7 Å². The molecule has 3 aliphatic heterocycles. The number of nitrogens with zero attached hydrogens (tertiary/aromatic N) is 4. The zero-order valence-corrected chi connectivity index (χ0v) is 15.0. The van der Waals surface area contributed by atoms with Gasteiger partial charge < -0.3 is 4.90 Å². The molecule has 1 N–H and O–H groups in total. The second-order valence-corrected chi connectivity index (χ2v) is 6.68. The Morgan fingerprint density at radius 3 is 2.62 bits per heavy atom. The number of Topliss-reactive ketones (excluding diaryl/α,β-unsaturated/α-hetero) is 1. The zero-order chi connectivity index (χ0) is 18.7. The third-order valence-electron chi connectivity index (χ3n) is 5.17. The smallest absolute Gasteiger partial charge is 0.303 e. The van der Waals surface area contributed by atoms with Crippen molar-refractivity contribution in [3.8, 4) is 0 Å². The van der Waals surface area contributed by atoms with E-state index in [9.17, 15) is 14.4 Å². The van der Waals surface area contributed by atoms with Crippen LogP contribution in [-0.4, -0.2) is 52.7 Å². The van der Waals surface area contributed by atoms with Gasteiger partial charge in [-0.05, 0) is 32.9 Å². The highest BCUT2D eigenvalue weighted by Crippen LogP contribution is 2.38. The van der Waals surface area contributed by atoms with Crippen molar-refractivity contribution in [3.63, 3.8) is 0 Å². The number of hydrogen-bond donors (Lipinski definition) is 1. The highest BCUT2D eigenvalue weighted by Gasteiger charge is 2.53. The molecule has 8 nitrogen and oxygen atoms in total. The molecule has 134 valence electrons. The van der Waals surface area contributed by atoms with Crippen molar-refractivity contribution >= 4 is 29.4 Å². The summed E-state index contributed by atoms with van der Waals surface area (Å²) in [6.07, 6.45) is -0.576. The maximum Gasteiger partial charge on any atom is 0.325 e. The maximum atomic E-state index is 12.5. The first kappa shape index (κ1) is 16.3. The second-order valence-electron chi connectivity index (χ2n) is 6.68. The van der Waals surface area contributed by atoms with Crippen LogP contribution in [-0.2, 0) is 4.79 Å². The van der Waals surface area contributed by atoms with E-state index in [1.165, 1.54) is 11.8 Å². The van der Waals surface area contributed by atoms with Gasteiger partial charge in [-0.25, -0.2) is 9.79 Å². The van der Waals surface area contributed by atoms with Crippen molar-refractivity contribution < 1.29 is 14.4 Å². The number of carbonyl (C=O) groups excluding carboxylic acids is 3. The highest BCUT2D eigenvalue weighted by atomic mass is 16.2. The molecule has 0 spiro atoms. The number of nitrogens with one attached hydrogen (secondary N) is 1. The minimum Gasteiger partial charge on any atom is -0.303 e. The first-order valence-electron chi connectivity index (χ1n) is 8.34. The van der Waals surface area contributed by atoms with Gasteiger partial charge in [0.15, 0.2) is 18.0 Å². The number of anilines is 1. The summed E-state index contributed by atoms with van der Waals surface area (Å²) in [5, 5.41) is 2.37. The lowest BCUT2D eigenvalue weighted by Gasteiger charge is -2.35. The van der Waals surface area contributed by atoms with E-state index in [-0.39, 0.29) is 11.7 Å². The number of urea groups is 1. The Balaban J connectivity index is 1.81. The molecule has 1 aromatic carbocycles. The molecule has 1 fully saturated rings. The monoisotopic (exact) mass is 353 g/mol. The van der Waals surface area contributed by atoms with E-state index in [0.29, 0.717) is 11.5 Å². The fraction of sp³-hybridized carbons (Fsp3) is 0.333. The van der Waals surface area contributed by atoms with Gasteiger partial charge in [0.05, 0.1) is 0 Å². The van der Waals surface area contributed by atoms with Crippen molar-refractivity contribution in [2.24, 2.45) is 4.99 Å². The summed E-state index contributed by atoms with van der Waals surface area (Å²) in [6, 6.07) is 6.24. The number of benzene rings is 1. The lowest BCUT2D eigenvalue weighted by atomic mass is 10.1. The van der Waals surface area contributed by atoms with Gasteiger partial charge in [-0.1, -0.05) is 12.1 Å². The van der Waals surface area contributed by atoms with E-state index in [1.807, 2.05) is 41.8 Å². The molecule has 0 saturated carbocycles. The molecule has 1 aromatic rings. The highest BCUT2D eigenvalue weighted by molar-refractivity contribution is 6.10. The fourth-order valence-electron chi connectivity index (χ4n) is 3.63. The number of imide groups is 1. The molecule has 2 atom stereocenters. The molecule has 0 radical (unpaired) electrons. The number of carbonyl (C=O) groups is 3. The Labute approximate surface area is 150 Å². The molecule has 3 heterocycles. The number of rotatable bonds is 2. The first-order chi connectivity index (χ1) is 12.3. The molecule has 0 aromatic heterocycles. The normalized spacial score (nSPS) is 24.6. The van der Waals surface area contributed by atoms with Crippen LogP contribution < -0.4 is 10.2 Å². The number of amides is 3. The molecule has 26 heavy (non-hydrogen) atoms. The van der Waals surface area contributed by atoms with Gasteiger partial charge >= 0.3 is 6.03 Å². The molecule has 3 amide bonds. The van der Waals surface area contributed by atoms with Gasteiger partial charge in [0.2, 0.25) is 5.96 Å². The number of hydrogen-bond acceptors (Lipinski definition) is 6. The number of ketones is 1. The predicted octanol–water partition coefficient (Wildman–Crippen LogP) is 1.51. The number of aliphatic imine (C=N–C) groups is 1. The van der Waals surface area contributed by atoms with Gasteiger partial charge in [-0.3, -0.25) is 24.7 Å². The van der Waals surface area contributed by atoms with Gasteiger partial charge in [-0.2, -0.15) is 0 Å². The quantitative estimate of drug-likeness (QED) is 0.815. The Kier molecular flexibility index (Phi) is 3.40. The topological polar surface area (TPSA) is 85.3 Å². The summed E-state index contributed by atoms with van der Waals surface area (Å²) in [5.74, 6) is 0.212. The minimum absolute atomic E-state index is 0.0204. The minimum atomic E-state index is -0.594. The summed E-state index contributed by atoms with van der Waals surface area (Å²) in [4.78, 5) is 46.0. The van der Waals surface area contributed by atoms with E-state index < -0.39 is 18.2 Å². The molecular weight excluding hydrogens is 334 g/mol. The van der Waals surface area contributed by atoms with Crippen molar-refractivity contribution in [1.82, 2.24) is 15.1 Å². The number of likely N-dealkylation sites (N-methyl/N-ethyl adjacent to an activating group) is 1. The van der Waals surface area contributed by atoms with Gasteiger partial charge in [0.1, 0.15) is 0 Å². The molecule has 0 bridgehead atoms. The third kappa shape index (κ3) is 2.08. The van der Waals surface area contributed by atoms with Crippen LogP contribution in [0.4, 0.5) is 10.5 Å². The molecule has 2 unspecified atom stereocenters. The third-order valence-corrected chi connectivity index (χ3v) is 5.17. The summed E-state index contributed by atoms with van der Waals surface area (Å²) in [6.45, 7) is 5.39. The van der Waals surface area contributed by atoms with Crippen LogP contribution >= 0.6 is 0 Å². The number of fused-ring (bicyclic) bond motifs is 3. The SMILES string of the molecule is CC(=O)c1cccc(N2C3=NC4C(C(=O)NC(=O)N4C)N3C(C)=C2C)c1. The van der Waals surface area contributed by atoms with Crippen LogP contribution in [0.1, 0.15) is 31.1 Å². The van der Waals surface area contributed by atoms with Crippen LogP contribution in [0, 0.1) is 0 Å². The van der Waals surface area contributed by atoms with E-state index in [0.717, 1.165) is 17.1 Å². The van der Waals surface area contributed by atoms with Crippen LogP contribution in [0.5, 0.6) is 0 Å². The first-order valence-corrected chi connectivity index (χ1v) is 8.34. The maximum absolute atomic E-state index is 12.5. The standard InChI is InChI=1S/C18H19N5O3/c1-9-10(2)23-14-15(21(4)18(26)20-16(14)25)19-17(23)22(9)13-7-5-6-12(8-13)11(3)24/h5-8,14-15H,1-4H3,(H,20,25,26). The Morgan fingerprint density at radius 2 is 1.92 bits per heavy atom. The number of allylic oxidation sites excluding steroid dienone is 2. The van der Waals surface area contributed by atoms with E-state index in [2.05, 4.69) is 10.3 Å². The van der Waals surface area contributed by atoms with Crippen molar-refractivity contribution in [2.45, 2.75) is 33.0 Å². The van der Waals surface area contributed by atoms with Crippen LogP contribution in [0.3, 0.4) is 0 Å². The Bertz CT molecular complexity index is 919. The predicted molar refractivity (Wildman–Crippen MR) is 95.5 cm³/mol. The lowest BCUT2D eigenvalue weighted by molar-refractivity contribution is -0.126. The molecule has 1 saturated heterocycles. The van der Waals surface area contributed by atoms with Gasteiger partial charge in [-0.15, -0.1) is 0 Å². The second kappa shape index (κ2) is 5.42. The van der Waals surface area contributed by atoms with Gasteiger partial charge in [0.25, 0.3) is 5.91 Å². The summed E-state index contributed by atoms with van der Waals surface area (Å²) in [7, 11) is 1.62. The van der Waals surface area contributed by atoms with Crippen molar-refractivity contribution in [3.05, 3.63) is 41.2 Å². The summed E-state index contributed by atoms with van der Waals surface area (Å²) in [5.41, 5.74) is 3.22. The molecule has 0 aliphatic carbocycles. The van der Waals surface area contributed by atoms with E-state index in [4.69, 9.17) is 0 Å². The number of guanidine groups is 1. The zero-order valence-electron chi connectivity index (χ0n) is 15.0. The molecule has 3 aliphatic rings. The molecule has 4 rings (SSSR count). The average Bonchev–Trinajstić information content (AvgIpc) is 3.10. The molecule has 8 heteroatoms. The van der Waals surface area contributed by atoms with E-state index in [1.54, 1.807) is 13.1 Å².